The molecule has 2 aliphatic heterocycles. The second-order valence-electron chi connectivity index (χ2n) is 11.5. The van der Waals surface area contributed by atoms with Crippen molar-refractivity contribution < 1.29 is 41.4 Å². The fraction of sp³-hybridized carbons (Fsp3) is 0.484. The Bertz CT molecular complexity index is 1800. The van der Waals surface area contributed by atoms with Crippen LogP contribution >= 0.6 is 0 Å². The van der Waals surface area contributed by atoms with Crippen molar-refractivity contribution >= 4 is 38.3 Å². The normalized spacial score (nSPS) is 20.4. The quantitative estimate of drug-likeness (QED) is 0.216. The van der Waals surface area contributed by atoms with Gasteiger partial charge in [0.2, 0.25) is 0 Å². The SMILES string of the molecule is COc1cc2c(NS(=O)(=O)c3c(OC)cc([C@@H]4COCCO4)cc3OC)noc2cc1Nc1cc(C2CC2)n(C2CCCCO2)n1. The van der Waals surface area contributed by atoms with Crippen molar-refractivity contribution in [2.75, 3.05) is 57.8 Å². The molecule has 0 amide bonds. The van der Waals surface area contributed by atoms with Gasteiger partial charge in [-0.25, -0.2) is 13.1 Å². The van der Waals surface area contributed by atoms with Crippen molar-refractivity contribution in [3.8, 4) is 17.2 Å². The number of rotatable bonds is 11. The minimum atomic E-state index is -4.28. The third-order valence-corrected chi connectivity index (χ3v) is 9.82. The van der Waals surface area contributed by atoms with Crippen molar-refractivity contribution in [2.45, 2.75) is 55.2 Å². The molecule has 246 valence electrons. The molecule has 2 N–H and O–H groups in total. The monoisotopic (exact) mass is 655 g/mol. The molecular weight excluding hydrogens is 618 g/mol. The predicted molar refractivity (Wildman–Crippen MR) is 167 cm³/mol. The zero-order valence-corrected chi connectivity index (χ0v) is 26.7. The molecule has 7 rings (SSSR count). The molecule has 3 fully saturated rings. The van der Waals surface area contributed by atoms with Crippen LogP contribution < -0.4 is 24.2 Å². The second-order valence-corrected chi connectivity index (χ2v) is 13.1. The lowest BCUT2D eigenvalue weighted by molar-refractivity contribution is -0.0902. The molecule has 4 heterocycles. The van der Waals surface area contributed by atoms with E-state index in [1.807, 2.05) is 4.68 Å². The first-order valence-electron chi connectivity index (χ1n) is 15.3. The van der Waals surface area contributed by atoms with Gasteiger partial charge >= 0.3 is 0 Å². The van der Waals surface area contributed by atoms with Gasteiger partial charge in [-0.05, 0) is 55.9 Å². The summed E-state index contributed by atoms with van der Waals surface area (Å²) in [6.45, 7) is 1.99. The Morgan fingerprint density at radius 3 is 2.33 bits per heavy atom. The molecule has 0 spiro atoms. The van der Waals surface area contributed by atoms with E-state index in [1.165, 1.54) is 21.3 Å². The van der Waals surface area contributed by atoms with Crippen LogP contribution in [0.3, 0.4) is 0 Å². The van der Waals surface area contributed by atoms with E-state index in [0.717, 1.165) is 44.4 Å². The highest BCUT2D eigenvalue weighted by atomic mass is 32.2. The minimum Gasteiger partial charge on any atom is -0.495 e. The van der Waals surface area contributed by atoms with Crippen molar-refractivity contribution in [1.29, 1.82) is 0 Å². The van der Waals surface area contributed by atoms with Crippen LogP contribution in [0, 0.1) is 0 Å². The molecule has 2 atom stereocenters. The molecule has 2 saturated heterocycles. The number of benzene rings is 2. The van der Waals surface area contributed by atoms with Crippen molar-refractivity contribution in [1.82, 2.24) is 14.9 Å². The Hall–Kier alpha value is -4.05. The topological polar surface area (TPSA) is 157 Å². The molecule has 1 aliphatic carbocycles. The number of aromatic nitrogens is 3. The lowest BCUT2D eigenvalue weighted by Crippen LogP contribution is -2.22. The summed E-state index contributed by atoms with van der Waals surface area (Å²) in [5.74, 6) is 1.72. The highest BCUT2D eigenvalue weighted by Crippen LogP contribution is 2.44. The van der Waals surface area contributed by atoms with Crippen LogP contribution in [0.1, 0.15) is 61.6 Å². The summed E-state index contributed by atoms with van der Waals surface area (Å²) in [5.41, 5.74) is 2.75. The third kappa shape index (κ3) is 5.95. The number of ether oxygens (including phenoxy) is 6. The predicted octanol–water partition coefficient (Wildman–Crippen LogP) is 5.26. The van der Waals surface area contributed by atoms with Gasteiger partial charge < -0.3 is 38.3 Å². The minimum absolute atomic E-state index is 0.0215. The molecule has 2 aromatic heterocycles. The highest BCUT2D eigenvalue weighted by molar-refractivity contribution is 7.93. The molecular formula is C31H37N5O9S. The summed E-state index contributed by atoms with van der Waals surface area (Å²) in [5, 5.41) is 12.6. The van der Waals surface area contributed by atoms with Gasteiger partial charge in [-0.2, -0.15) is 5.10 Å². The van der Waals surface area contributed by atoms with Gasteiger partial charge in [0, 0.05) is 30.4 Å². The zero-order chi connectivity index (χ0) is 31.8. The molecule has 0 radical (unpaired) electrons. The number of methoxy groups -OCH3 is 3. The maximum atomic E-state index is 13.8. The van der Waals surface area contributed by atoms with E-state index in [9.17, 15) is 8.42 Å². The van der Waals surface area contributed by atoms with E-state index < -0.39 is 10.0 Å². The van der Waals surface area contributed by atoms with Gasteiger partial charge in [0.05, 0.1) is 52.2 Å². The zero-order valence-electron chi connectivity index (χ0n) is 25.9. The number of anilines is 3. The van der Waals surface area contributed by atoms with Crippen molar-refractivity contribution in [3.05, 3.63) is 41.6 Å². The Kier molecular flexibility index (Phi) is 8.40. The maximum Gasteiger partial charge on any atom is 0.270 e. The summed E-state index contributed by atoms with van der Waals surface area (Å²) in [4.78, 5) is -0.191. The summed E-state index contributed by atoms with van der Waals surface area (Å²) >= 11 is 0. The lowest BCUT2D eigenvalue weighted by Gasteiger charge is -2.25. The number of nitrogens with zero attached hydrogens (tertiary/aromatic N) is 3. The first-order chi connectivity index (χ1) is 22.4. The van der Waals surface area contributed by atoms with E-state index in [-0.39, 0.29) is 34.5 Å². The molecule has 2 aromatic carbocycles. The molecule has 1 unspecified atom stereocenters. The number of hydrogen-bond donors (Lipinski definition) is 2. The fourth-order valence-corrected chi connectivity index (χ4v) is 7.27. The van der Waals surface area contributed by atoms with Crippen molar-refractivity contribution in [2.24, 2.45) is 0 Å². The summed E-state index contributed by atoms with van der Waals surface area (Å²) < 4.78 is 71.8. The number of hydrogen-bond acceptors (Lipinski definition) is 12. The van der Waals surface area contributed by atoms with E-state index in [1.54, 1.807) is 24.3 Å². The molecule has 14 nitrogen and oxygen atoms in total. The lowest BCUT2D eigenvalue weighted by atomic mass is 10.1. The Morgan fingerprint density at radius 1 is 0.891 bits per heavy atom. The Labute approximate surface area is 266 Å². The molecule has 0 bridgehead atoms. The molecule has 4 aromatic rings. The molecule has 46 heavy (non-hydrogen) atoms. The van der Waals surface area contributed by atoms with Crippen LogP contribution in [0.5, 0.6) is 17.2 Å². The summed E-state index contributed by atoms with van der Waals surface area (Å²) in [7, 11) is 0.0341. The van der Waals surface area contributed by atoms with Gasteiger partial charge in [0.25, 0.3) is 10.0 Å². The molecule has 15 heteroatoms. The first-order valence-corrected chi connectivity index (χ1v) is 16.8. The average Bonchev–Trinajstić information content (AvgIpc) is 3.75. The molecule has 3 aliphatic rings. The molecule has 1 saturated carbocycles. The van der Waals surface area contributed by atoms with Gasteiger partial charge in [0.1, 0.15) is 23.4 Å². The Balaban J connectivity index is 1.17. The van der Waals surface area contributed by atoms with Gasteiger partial charge in [-0.1, -0.05) is 5.16 Å². The van der Waals surface area contributed by atoms with Gasteiger partial charge in [-0.3, -0.25) is 4.72 Å². The maximum absolute atomic E-state index is 13.8. The number of nitrogens with one attached hydrogen (secondary N) is 2. The number of fused-ring (bicyclic) bond motifs is 1. The number of sulfonamides is 1. The van der Waals surface area contributed by atoms with Crippen LogP contribution in [0.4, 0.5) is 17.3 Å². The first kappa shape index (κ1) is 30.6. The third-order valence-electron chi connectivity index (χ3n) is 8.41. The van der Waals surface area contributed by atoms with E-state index in [2.05, 4.69) is 21.3 Å². The standard InChI is InChI=1S/C31H37N5O9S/c1-39-24-14-20-23(15-21(24)32-28-16-22(18-7-8-18)36(33-28)29-6-4-5-9-44-29)45-34-31(20)35-46(37,38)30-25(40-2)12-19(13-26(30)41-3)27-17-42-10-11-43-27/h12-16,18,27,29H,4-11,17H2,1-3H3,(H,32,33)(H,34,35)/t27-,29?/m0/s1. The van der Waals surface area contributed by atoms with E-state index in [4.69, 9.17) is 38.0 Å². The second kappa shape index (κ2) is 12.6. The van der Waals surface area contributed by atoms with Gasteiger partial charge in [0.15, 0.2) is 28.3 Å². The van der Waals surface area contributed by atoms with Crippen LogP contribution in [-0.4, -0.2) is 71.1 Å². The van der Waals surface area contributed by atoms with E-state index in [0.29, 0.717) is 59.5 Å². The van der Waals surface area contributed by atoms with Crippen LogP contribution in [-0.2, 0) is 24.2 Å². The summed E-state index contributed by atoms with van der Waals surface area (Å²) in [6, 6.07) is 8.63. The van der Waals surface area contributed by atoms with Crippen LogP contribution in [0.25, 0.3) is 11.0 Å². The smallest absolute Gasteiger partial charge is 0.270 e. The fourth-order valence-electron chi connectivity index (χ4n) is 5.95. The summed E-state index contributed by atoms with van der Waals surface area (Å²) in [6.07, 6.45) is 4.91. The average molecular weight is 656 g/mol. The van der Waals surface area contributed by atoms with Gasteiger partial charge in [-0.15, -0.1) is 0 Å². The van der Waals surface area contributed by atoms with Crippen LogP contribution in [0.2, 0.25) is 0 Å². The van der Waals surface area contributed by atoms with Crippen LogP contribution in [0.15, 0.2) is 39.8 Å². The van der Waals surface area contributed by atoms with E-state index >= 15 is 0 Å². The largest absolute Gasteiger partial charge is 0.495 e. The Morgan fingerprint density at radius 2 is 1.67 bits per heavy atom. The highest BCUT2D eigenvalue weighted by Gasteiger charge is 2.33. The van der Waals surface area contributed by atoms with Crippen molar-refractivity contribution in [3.63, 3.8) is 0 Å².